The van der Waals surface area contributed by atoms with Crippen molar-refractivity contribution in [3.05, 3.63) is 276 Å². The molecular formula is C74H42N8O2. The second-order valence-electron chi connectivity index (χ2n) is 22.0. The molecule has 0 spiro atoms. The third kappa shape index (κ3) is 6.38. The minimum absolute atomic E-state index is 0.0287. The maximum absolute atomic E-state index is 6.28. The van der Waals surface area contributed by atoms with Crippen LogP contribution in [0, 0.1) is 0 Å². The van der Waals surface area contributed by atoms with Crippen LogP contribution in [-0.4, -0.2) is 39.0 Å². The van der Waals surface area contributed by atoms with Gasteiger partial charge in [0.25, 0.3) is 0 Å². The average molecular weight is 1080 g/mol. The van der Waals surface area contributed by atoms with Crippen LogP contribution in [-0.2, 0) is 0 Å². The lowest BCUT2D eigenvalue weighted by Crippen LogP contribution is -2.28. The zero-order valence-corrected chi connectivity index (χ0v) is 44.6. The molecule has 6 heterocycles. The van der Waals surface area contributed by atoms with Crippen molar-refractivity contribution in [1.82, 2.24) is 39.0 Å². The Morgan fingerprint density at radius 2 is 0.643 bits per heavy atom. The fraction of sp³-hybridized carbons (Fsp3) is 0.0270. The van der Waals surface area contributed by atoms with Crippen LogP contribution in [0.3, 0.4) is 0 Å². The SMILES string of the molecule is c1ccc(-c2nc(-c3ccc4oc5ccccc5c4c3)nc(-n3c4ccccc4c4c5c(ccc43)C3c4ccccc4C5c4c3ccc3c4c4ccccc4n3-c3nc(-c4ccccc4)nc(-c4ccc5oc6ccccc6c5c4)n3)n2)cc1. The summed E-state index contributed by atoms with van der Waals surface area (Å²) in [6.45, 7) is 0. The van der Waals surface area contributed by atoms with Gasteiger partial charge in [-0.25, -0.2) is 9.97 Å². The first-order chi connectivity index (χ1) is 41.6. The summed E-state index contributed by atoms with van der Waals surface area (Å²) in [5, 5.41) is 8.75. The van der Waals surface area contributed by atoms with Gasteiger partial charge < -0.3 is 8.83 Å². The number of para-hydroxylation sites is 4. The number of aromatic nitrogens is 8. The Balaban J connectivity index is 0.848. The Bertz CT molecular complexity index is 5330. The molecule has 17 aromatic rings. The topological polar surface area (TPSA) is 113 Å². The van der Waals surface area contributed by atoms with Crippen molar-refractivity contribution in [3.8, 4) is 57.4 Å². The summed E-state index contributed by atoms with van der Waals surface area (Å²) >= 11 is 0. The summed E-state index contributed by atoms with van der Waals surface area (Å²) < 4.78 is 17.1. The smallest absolute Gasteiger partial charge is 0.238 e. The highest BCUT2D eigenvalue weighted by molar-refractivity contribution is 6.16. The van der Waals surface area contributed by atoms with Gasteiger partial charge in [0.15, 0.2) is 23.3 Å². The Labute approximate surface area is 478 Å². The van der Waals surface area contributed by atoms with Crippen LogP contribution in [0.1, 0.15) is 45.2 Å². The van der Waals surface area contributed by atoms with Crippen LogP contribution in [0.25, 0.3) is 145 Å². The number of furan rings is 2. The second-order valence-corrected chi connectivity index (χ2v) is 22.0. The molecule has 3 aliphatic rings. The second kappa shape index (κ2) is 17.1. The molecule has 3 aliphatic carbocycles. The zero-order chi connectivity index (χ0) is 54.7. The maximum atomic E-state index is 6.28. The minimum atomic E-state index is -0.141. The highest BCUT2D eigenvalue weighted by atomic mass is 16.3. The molecule has 2 bridgehead atoms. The average Bonchev–Trinajstić information content (AvgIpc) is 1.93. The number of benzene rings is 11. The lowest BCUT2D eigenvalue weighted by Gasteiger charge is -2.43. The molecule has 0 atom stereocenters. The predicted molar refractivity (Wildman–Crippen MR) is 333 cm³/mol. The Kier molecular flexibility index (Phi) is 9.23. The van der Waals surface area contributed by atoms with E-state index in [4.69, 9.17) is 38.7 Å². The molecule has 0 saturated carbocycles. The molecule has 0 radical (unpaired) electrons. The van der Waals surface area contributed by atoms with Crippen molar-refractivity contribution in [2.24, 2.45) is 0 Å². The zero-order valence-electron chi connectivity index (χ0n) is 44.6. The molecule has 0 aliphatic heterocycles. The van der Waals surface area contributed by atoms with Crippen LogP contribution in [0.2, 0.25) is 0 Å². The van der Waals surface area contributed by atoms with Gasteiger partial charge in [-0.3, -0.25) is 9.13 Å². The van der Waals surface area contributed by atoms with E-state index in [0.29, 0.717) is 35.2 Å². The van der Waals surface area contributed by atoms with Crippen LogP contribution in [0.4, 0.5) is 0 Å². The summed E-state index contributed by atoms with van der Waals surface area (Å²) in [4.78, 5) is 32.1. The Hall–Kier alpha value is -11.4. The van der Waals surface area contributed by atoms with E-state index in [1.807, 2.05) is 84.9 Å². The van der Waals surface area contributed by atoms with Crippen LogP contribution < -0.4 is 0 Å². The van der Waals surface area contributed by atoms with Crippen molar-refractivity contribution in [2.45, 2.75) is 11.8 Å². The first-order valence-electron chi connectivity index (χ1n) is 28.3. The van der Waals surface area contributed by atoms with E-state index in [2.05, 4.69) is 167 Å². The maximum Gasteiger partial charge on any atom is 0.238 e. The normalized spacial score (nSPS) is 14.4. The quantitative estimate of drug-likeness (QED) is 0.162. The fourth-order valence-corrected chi connectivity index (χ4v) is 14.1. The molecule has 0 saturated heterocycles. The Morgan fingerprint density at radius 3 is 1.12 bits per heavy atom. The van der Waals surface area contributed by atoms with E-state index >= 15 is 0 Å². The van der Waals surface area contributed by atoms with E-state index in [-0.39, 0.29) is 11.8 Å². The molecular weight excluding hydrogens is 1030 g/mol. The molecule has 0 unspecified atom stereocenters. The largest absolute Gasteiger partial charge is 0.456 e. The summed E-state index contributed by atoms with van der Waals surface area (Å²) in [6.07, 6.45) is 0. The first kappa shape index (κ1) is 45.4. The van der Waals surface area contributed by atoms with Gasteiger partial charge in [0.1, 0.15) is 22.3 Å². The summed E-state index contributed by atoms with van der Waals surface area (Å²) in [6, 6.07) is 85.1. The molecule has 10 nitrogen and oxygen atoms in total. The molecule has 0 fully saturated rings. The fourth-order valence-electron chi connectivity index (χ4n) is 14.1. The third-order valence-corrected chi connectivity index (χ3v) is 17.6. The van der Waals surface area contributed by atoms with Gasteiger partial charge in [-0.05, 0) is 106 Å². The first-order valence-corrected chi connectivity index (χ1v) is 28.3. The van der Waals surface area contributed by atoms with Crippen LogP contribution in [0.5, 0.6) is 0 Å². The molecule has 0 amide bonds. The van der Waals surface area contributed by atoms with E-state index in [9.17, 15) is 0 Å². The van der Waals surface area contributed by atoms with Gasteiger partial charge in [-0.15, -0.1) is 0 Å². The van der Waals surface area contributed by atoms with Gasteiger partial charge >= 0.3 is 0 Å². The van der Waals surface area contributed by atoms with Crippen molar-refractivity contribution in [3.63, 3.8) is 0 Å². The van der Waals surface area contributed by atoms with Gasteiger partial charge in [0.2, 0.25) is 11.9 Å². The number of fused-ring (bicyclic) bond motifs is 12. The van der Waals surface area contributed by atoms with Crippen molar-refractivity contribution < 1.29 is 8.83 Å². The number of nitrogens with zero attached hydrogens (tertiary/aromatic N) is 8. The highest BCUT2D eigenvalue weighted by Crippen LogP contribution is 2.60. The van der Waals surface area contributed by atoms with E-state index in [1.165, 1.54) is 44.2 Å². The van der Waals surface area contributed by atoms with E-state index in [0.717, 1.165) is 99.0 Å². The molecule has 10 heteroatoms. The minimum Gasteiger partial charge on any atom is -0.456 e. The van der Waals surface area contributed by atoms with Gasteiger partial charge in [0, 0.05) is 77.2 Å². The predicted octanol–water partition coefficient (Wildman–Crippen LogP) is 17.7. The lowest BCUT2D eigenvalue weighted by atomic mass is 9.59. The van der Waals surface area contributed by atoms with Gasteiger partial charge in [-0.2, -0.15) is 19.9 Å². The van der Waals surface area contributed by atoms with Gasteiger partial charge in [0.05, 0.1) is 22.1 Å². The summed E-state index contributed by atoms with van der Waals surface area (Å²) in [7, 11) is 0. The van der Waals surface area contributed by atoms with E-state index in [1.54, 1.807) is 0 Å². The summed E-state index contributed by atoms with van der Waals surface area (Å²) in [5.74, 6) is 3.24. The number of hydrogen-bond donors (Lipinski definition) is 0. The number of rotatable bonds is 6. The van der Waals surface area contributed by atoms with Gasteiger partial charge in [-0.1, -0.05) is 170 Å². The van der Waals surface area contributed by atoms with Crippen LogP contribution in [0.15, 0.2) is 251 Å². The standard InChI is InChI=1S/C74H42N8O2/c1-3-17-41(18-4-1)69-75-71(43-31-37-61-53(39-43)45-21-11-15-29-59(45)83-61)79-73(77-69)81-55-27-13-9-25-49(55)64-57(81)35-33-51-63-47-23-7-8-24-48(47)66(67(51)64)68-52(63)34-36-58-65(68)50-26-10-14-28-56(50)82(58)74-78-70(42-19-5-2-6-20-42)76-72(80-74)44-32-38-62-54(40-44)46-22-12-16-30-60(46)84-62/h1-40,63,66H. The van der Waals surface area contributed by atoms with E-state index < -0.39 is 0 Å². The van der Waals surface area contributed by atoms with Crippen molar-refractivity contribution in [2.75, 3.05) is 0 Å². The molecule has 84 heavy (non-hydrogen) atoms. The van der Waals surface area contributed by atoms with Crippen LogP contribution >= 0.6 is 0 Å². The molecule has 6 aromatic heterocycles. The highest BCUT2D eigenvalue weighted by Gasteiger charge is 2.44. The molecule has 390 valence electrons. The third-order valence-electron chi connectivity index (χ3n) is 17.6. The molecule has 11 aromatic carbocycles. The molecule has 20 rings (SSSR count). The summed E-state index contributed by atoms with van der Waals surface area (Å²) in [5.41, 5.74) is 18.8. The Morgan fingerprint density at radius 1 is 0.262 bits per heavy atom. The number of hydrogen-bond acceptors (Lipinski definition) is 8. The molecule has 0 N–H and O–H groups in total. The monoisotopic (exact) mass is 1070 g/mol. The lowest BCUT2D eigenvalue weighted by molar-refractivity contribution is 0.668. The van der Waals surface area contributed by atoms with Crippen molar-refractivity contribution in [1.29, 1.82) is 0 Å². The van der Waals surface area contributed by atoms with Crippen molar-refractivity contribution >= 4 is 87.5 Å².